The first-order valence-corrected chi connectivity index (χ1v) is 11.3. The Hall–Kier alpha value is -3.64. The Morgan fingerprint density at radius 2 is 1.76 bits per heavy atom. The van der Waals surface area contributed by atoms with Crippen LogP contribution in [-0.2, 0) is 4.79 Å². The molecule has 4 aromatic rings. The average Bonchev–Trinajstić information content (AvgIpc) is 3.29. The molecule has 1 atom stereocenters. The zero-order valence-corrected chi connectivity index (χ0v) is 18.6. The lowest BCUT2D eigenvalue weighted by Gasteiger charge is -2.32. The van der Waals surface area contributed by atoms with E-state index in [0.717, 1.165) is 29.5 Å². The molecule has 2 amide bonds. The van der Waals surface area contributed by atoms with E-state index in [1.54, 1.807) is 29.2 Å². The van der Waals surface area contributed by atoms with Crippen LogP contribution in [0.3, 0.4) is 0 Å². The molecule has 1 aliphatic heterocycles. The third kappa shape index (κ3) is 4.61. The number of hydrogen-bond donors (Lipinski definition) is 1. The average molecular weight is 460 g/mol. The molecule has 166 valence electrons. The van der Waals surface area contributed by atoms with Gasteiger partial charge in [-0.15, -0.1) is 0 Å². The number of likely N-dealkylation sites (tertiary alicyclic amines) is 1. The summed E-state index contributed by atoms with van der Waals surface area (Å²) >= 11 is 5.92. The number of amides is 2. The van der Waals surface area contributed by atoms with Gasteiger partial charge in [-0.1, -0.05) is 23.7 Å². The fraction of sp³-hybridized carbons (Fsp3) is 0.192. The minimum Gasteiger partial charge on any atom is -0.436 e. The van der Waals surface area contributed by atoms with Crippen LogP contribution in [0.15, 0.2) is 77.2 Å². The van der Waals surface area contributed by atoms with Crippen molar-refractivity contribution >= 4 is 40.2 Å². The van der Waals surface area contributed by atoms with Crippen LogP contribution in [0.4, 0.5) is 5.69 Å². The number of fused-ring (bicyclic) bond motifs is 1. The predicted octanol–water partition coefficient (Wildman–Crippen LogP) is 5.64. The van der Waals surface area contributed by atoms with Crippen molar-refractivity contribution in [3.05, 3.63) is 83.4 Å². The number of nitrogens with zero attached hydrogens (tertiary/aromatic N) is 2. The molecule has 2 heterocycles. The van der Waals surface area contributed by atoms with Crippen LogP contribution in [0.1, 0.15) is 23.2 Å². The van der Waals surface area contributed by atoms with Crippen LogP contribution in [0.5, 0.6) is 0 Å². The molecule has 1 aliphatic rings. The second kappa shape index (κ2) is 9.08. The van der Waals surface area contributed by atoms with E-state index in [9.17, 15) is 9.59 Å². The number of para-hydroxylation sites is 2. The maximum absolute atomic E-state index is 12.9. The summed E-state index contributed by atoms with van der Waals surface area (Å²) in [6.45, 7) is 1.04. The van der Waals surface area contributed by atoms with E-state index in [4.69, 9.17) is 16.0 Å². The lowest BCUT2D eigenvalue weighted by molar-refractivity contribution is -0.121. The van der Waals surface area contributed by atoms with Crippen molar-refractivity contribution in [1.82, 2.24) is 9.88 Å². The van der Waals surface area contributed by atoms with Gasteiger partial charge < -0.3 is 14.6 Å². The topological polar surface area (TPSA) is 75.4 Å². The normalized spacial score (nSPS) is 16.0. The molecule has 1 N–H and O–H groups in total. The largest absolute Gasteiger partial charge is 0.436 e. The van der Waals surface area contributed by atoms with Crippen molar-refractivity contribution in [3.8, 4) is 11.5 Å². The third-order valence-corrected chi connectivity index (χ3v) is 6.12. The van der Waals surface area contributed by atoms with Gasteiger partial charge in [0.05, 0.1) is 5.92 Å². The van der Waals surface area contributed by atoms with Crippen LogP contribution in [0.25, 0.3) is 22.6 Å². The van der Waals surface area contributed by atoms with Gasteiger partial charge in [0, 0.05) is 34.9 Å². The SMILES string of the molecule is O=C(Nc1ccc(-c2nc3ccccc3o2)cc1)C1CCCN(C(=O)c2ccc(Cl)cc2)C1. The van der Waals surface area contributed by atoms with Crippen LogP contribution >= 0.6 is 11.6 Å². The number of aromatic nitrogens is 1. The maximum Gasteiger partial charge on any atom is 0.253 e. The van der Waals surface area contributed by atoms with Crippen molar-refractivity contribution in [2.75, 3.05) is 18.4 Å². The number of anilines is 1. The Morgan fingerprint density at radius 1 is 1.00 bits per heavy atom. The van der Waals surface area contributed by atoms with E-state index >= 15 is 0 Å². The third-order valence-electron chi connectivity index (χ3n) is 5.86. The summed E-state index contributed by atoms with van der Waals surface area (Å²) in [5.41, 5.74) is 3.65. The minimum absolute atomic E-state index is 0.0770. The number of nitrogens with one attached hydrogen (secondary N) is 1. The molecule has 0 aliphatic carbocycles. The Bertz CT molecular complexity index is 1270. The molecule has 1 unspecified atom stereocenters. The van der Waals surface area contributed by atoms with Crippen molar-refractivity contribution in [1.29, 1.82) is 0 Å². The highest BCUT2D eigenvalue weighted by atomic mass is 35.5. The molecular weight excluding hydrogens is 438 g/mol. The molecule has 33 heavy (non-hydrogen) atoms. The number of rotatable bonds is 4. The summed E-state index contributed by atoms with van der Waals surface area (Å²) < 4.78 is 5.80. The quantitative estimate of drug-likeness (QED) is 0.428. The maximum atomic E-state index is 12.9. The lowest BCUT2D eigenvalue weighted by Crippen LogP contribution is -2.43. The Kier molecular flexibility index (Phi) is 5.84. The predicted molar refractivity (Wildman–Crippen MR) is 128 cm³/mol. The molecule has 1 aromatic heterocycles. The van der Waals surface area contributed by atoms with Gasteiger partial charge in [-0.2, -0.15) is 0 Å². The Balaban J connectivity index is 1.23. The van der Waals surface area contributed by atoms with E-state index in [-0.39, 0.29) is 17.7 Å². The van der Waals surface area contributed by atoms with Gasteiger partial charge in [0.15, 0.2) is 5.58 Å². The summed E-state index contributed by atoms with van der Waals surface area (Å²) in [5, 5.41) is 3.57. The van der Waals surface area contributed by atoms with Crippen LogP contribution in [0.2, 0.25) is 5.02 Å². The van der Waals surface area contributed by atoms with E-state index in [1.807, 2.05) is 48.5 Å². The number of benzene rings is 3. The smallest absolute Gasteiger partial charge is 0.253 e. The summed E-state index contributed by atoms with van der Waals surface area (Å²) in [5.74, 6) is 0.120. The van der Waals surface area contributed by atoms with Crippen LogP contribution < -0.4 is 5.32 Å². The first kappa shape index (κ1) is 21.2. The molecule has 6 nitrogen and oxygen atoms in total. The molecule has 3 aromatic carbocycles. The van der Waals surface area contributed by atoms with Gasteiger partial charge in [-0.25, -0.2) is 4.98 Å². The monoisotopic (exact) mass is 459 g/mol. The second-order valence-electron chi connectivity index (χ2n) is 8.15. The van der Waals surface area contributed by atoms with Gasteiger partial charge in [0.1, 0.15) is 5.52 Å². The van der Waals surface area contributed by atoms with E-state index in [1.165, 1.54) is 0 Å². The molecular formula is C26H22ClN3O3. The summed E-state index contributed by atoms with van der Waals surface area (Å²) in [6, 6.07) is 21.9. The van der Waals surface area contributed by atoms with Crippen LogP contribution in [0, 0.1) is 5.92 Å². The minimum atomic E-state index is -0.258. The fourth-order valence-electron chi connectivity index (χ4n) is 4.09. The van der Waals surface area contributed by atoms with Crippen molar-refractivity contribution in [2.24, 2.45) is 5.92 Å². The Morgan fingerprint density at radius 3 is 2.52 bits per heavy atom. The van der Waals surface area contributed by atoms with E-state index < -0.39 is 0 Å². The molecule has 5 rings (SSSR count). The molecule has 0 bridgehead atoms. The number of piperidine rings is 1. The molecule has 0 spiro atoms. The van der Waals surface area contributed by atoms with E-state index in [0.29, 0.717) is 35.3 Å². The summed E-state index contributed by atoms with van der Waals surface area (Å²) in [4.78, 5) is 31.9. The number of hydrogen-bond acceptors (Lipinski definition) is 4. The number of carbonyl (C=O) groups is 2. The standard InChI is InChI=1S/C26H22ClN3O3/c27-20-11-7-18(8-12-20)26(32)30-15-3-4-19(16-30)24(31)28-21-13-9-17(10-14-21)25-29-22-5-1-2-6-23(22)33-25/h1-2,5-14,19H,3-4,15-16H2,(H,28,31). The number of carbonyl (C=O) groups excluding carboxylic acids is 2. The summed E-state index contributed by atoms with van der Waals surface area (Å²) in [6.07, 6.45) is 1.53. The first-order chi connectivity index (χ1) is 16.1. The van der Waals surface area contributed by atoms with Crippen molar-refractivity contribution < 1.29 is 14.0 Å². The molecule has 0 radical (unpaired) electrons. The fourth-order valence-corrected chi connectivity index (χ4v) is 4.21. The molecule has 1 saturated heterocycles. The number of oxazole rings is 1. The molecule has 7 heteroatoms. The van der Waals surface area contributed by atoms with Crippen LogP contribution in [-0.4, -0.2) is 34.8 Å². The lowest BCUT2D eigenvalue weighted by atomic mass is 9.96. The summed E-state index contributed by atoms with van der Waals surface area (Å²) in [7, 11) is 0. The highest BCUT2D eigenvalue weighted by Gasteiger charge is 2.29. The first-order valence-electron chi connectivity index (χ1n) is 10.9. The molecule has 1 fully saturated rings. The highest BCUT2D eigenvalue weighted by Crippen LogP contribution is 2.26. The second-order valence-corrected chi connectivity index (χ2v) is 8.59. The van der Waals surface area contributed by atoms with Crippen molar-refractivity contribution in [3.63, 3.8) is 0 Å². The molecule has 0 saturated carbocycles. The zero-order chi connectivity index (χ0) is 22.8. The zero-order valence-electron chi connectivity index (χ0n) is 17.8. The van der Waals surface area contributed by atoms with Gasteiger partial charge in [-0.05, 0) is 73.5 Å². The Labute approximate surface area is 196 Å². The van der Waals surface area contributed by atoms with Crippen molar-refractivity contribution in [2.45, 2.75) is 12.8 Å². The van der Waals surface area contributed by atoms with E-state index in [2.05, 4.69) is 10.3 Å². The number of halogens is 1. The van der Waals surface area contributed by atoms with Gasteiger partial charge in [0.2, 0.25) is 11.8 Å². The van der Waals surface area contributed by atoms with Gasteiger partial charge >= 0.3 is 0 Å². The van der Waals surface area contributed by atoms with Gasteiger partial charge in [-0.3, -0.25) is 9.59 Å². The highest BCUT2D eigenvalue weighted by molar-refractivity contribution is 6.30. The van der Waals surface area contributed by atoms with Gasteiger partial charge in [0.25, 0.3) is 5.91 Å².